The number of nitrogens with two attached hydrogens (primary N) is 1. The summed E-state index contributed by atoms with van der Waals surface area (Å²) in [5.41, 5.74) is 13.1. The molecule has 3 nitrogen and oxygen atoms in total. The van der Waals surface area contributed by atoms with E-state index >= 15 is 0 Å². The summed E-state index contributed by atoms with van der Waals surface area (Å²) < 4.78 is 37.6. The molecule has 180 valence electrons. The van der Waals surface area contributed by atoms with Gasteiger partial charge in [-0.05, 0) is 74.6 Å². The lowest BCUT2D eigenvalue weighted by molar-refractivity contribution is -0.137. The van der Waals surface area contributed by atoms with E-state index in [0.29, 0.717) is 17.7 Å². The van der Waals surface area contributed by atoms with Gasteiger partial charge in [-0.3, -0.25) is 9.97 Å². The van der Waals surface area contributed by atoms with Gasteiger partial charge in [0.2, 0.25) is 0 Å². The Hall–Kier alpha value is -3.12. The van der Waals surface area contributed by atoms with Crippen LogP contribution in [0.1, 0.15) is 52.5 Å². The quantitative estimate of drug-likeness (QED) is 0.372. The Morgan fingerprint density at radius 2 is 1.74 bits per heavy atom. The number of hydrogen-bond donors (Lipinski definition) is 1. The molecule has 0 aliphatic rings. The summed E-state index contributed by atoms with van der Waals surface area (Å²) in [6, 6.07) is 7.84. The Balaban J connectivity index is 0.000000242. The molecule has 0 radical (unpaired) electrons. The molecular weight excluding hydrogens is 459 g/mol. The zero-order valence-electron chi connectivity index (χ0n) is 19.9. The van der Waals surface area contributed by atoms with Crippen molar-refractivity contribution in [3.63, 3.8) is 0 Å². The third-order valence-corrected chi connectivity index (χ3v) is 5.61. The number of halogens is 4. The molecule has 2 aromatic heterocycles. The number of aromatic nitrogens is 2. The van der Waals surface area contributed by atoms with Crippen LogP contribution in [-0.2, 0) is 12.6 Å². The van der Waals surface area contributed by atoms with E-state index in [1.165, 1.54) is 6.07 Å². The molecule has 3 aromatic rings. The molecule has 0 spiro atoms. The van der Waals surface area contributed by atoms with Gasteiger partial charge in [-0.2, -0.15) is 13.2 Å². The number of pyridine rings is 2. The van der Waals surface area contributed by atoms with E-state index < -0.39 is 11.7 Å². The van der Waals surface area contributed by atoms with Crippen molar-refractivity contribution in [2.75, 3.05) is 5.73 Å². The average Bonchev–Trinajstić information content (AvgIpc) is 2.74. The molecule has 0 bridgehead atoms. The standard InChI is InChI=1S/C15H17N3.C12H12ClF3/c1-9-7-13(16)15(18-8-9)11(3)14-10(2)5-6-17-12(14)4;1-3-8(2)6-9-4-5-11(13)10(7-9)12(14,15)16/h5-8H,3,16H2,1-2,4H3;4-5,7H,2-3,6H2,1H3. The number of hydrogen-bond acceptors (Lipinski definition) is 3. The molecule has 0 aliphatic heterocycles. The largest absolute Gasteiger partial charge is 0.417 e. The van der Waals surface area contributed by atoms with Crippen molar-refractivity contribution in [2.24, 2.45) is 0 Å². The summed E-state index contributed by atoms with van der Waals surface area (Å²) in [6.07, 6.45) is 0.409. The number of aryl methyl sites for hydroxylation is 3. The first-order valence-electron chi connectivity index (χ1n) is 10.7. The van der Waals surface area contributed by atoms with Crippen LogP contribution in [0.2, 0.25) is 5.02 Å². The molecule has 34 heavy (non-hydrogen) atoms. The van der Waals surface area contributed by atoms with Gasteiger partial charge in [0.25, 0.3) is 0 Å². The second-order valence-corrected chi connectivity index (χ2v) is 8.52. The van der Waals surface area contributed by atoms with Crippen molar-refractivity contribution in [2.45, 2.75) is 46.7 Å². The lowest BCUT2D eigenvalue weighted by Crippen LogP contribution is -2.06. The van der Waals surface area contributed by atoms with Crippen LogP contribution in [0.25, 0.3) is 5.57 Å². The SMILES string of the molecule is C=C(CC)Cc1ccc(Cl)c(C(F)(F)F)c1.C=C(c1ncc(C)cc1N)c1c(C)ccnc1C. The molecule has 1 aromatic carbocycles. The first-order valence-corrected chi connectivity index (χ1v) is 11.1. The van der Waals surface area contributed by atoms with Crippen molar-refractivity contribution in [1.82, 2.24) is 9.97 Å². The van der Waals surface area contributed by atoms with Crippen molar-refractivity contribution in [3.8, 4) is 0 Å². The van der Waals surface area contributed by atoms with Crippen molar-refractivity contribution in [1.29, 1.82) is 0 Å². The van der Waals surface area contributed by atoms with Gasteiger partial charge in [0.15, 0.2) is 0 Å². The molecule has 0 saturated carbocycles. The minimum absolute atomic E-state index is 0.265. The number of nitrogens with zero attached hydrogens (tertiary/aromatic N) is 2. The van der Waals surface area contributed by atoms with E-state index in [2.05, 4.69) is 23.1 Å². The minimum atomic E-state index is -4.40. The number of benzene rings is 1. The molecule has 0 aliphatic carbocycles. The van der Waals surface area contributed by atoms with E-state index in [4.69, 9.17) is 17.3 Å². The van der Waals surface area contributed by atoms with Crippen LogP contribution in [0.5, 0.6) is 0 Å². The van der Waals surface area contributed by atoms with Gasteiger partial charge < -0.3 is 5.73 Å². The Kier molecular flexibility index (Phi) is 9.05. The summed E-state index contributed by atoms with van der Waals surface area (Å²) in [6.45, 7) is 15.8. The highest BCUT2D eigenvalue weighted by atomic mass is 35.5. The highest BCUT2D eigenvalue weighted by Gasteiger charge is 2.33. The molecule has 0 atom stereocenters. The summed E-state index contributed by atoms with van der Waals surface area (Å²) >= 11 is 5.51. The van der Waals surface area contributed by atoms with Gasteiger partial charge in [-0.25, -0.2) is 0 Å². The molecule has 3 rings (SSSR count). The normalized spacial score (nSPS) is 10.9. The summed E-state index contributed by atoms with van der Waals surface area (Å²) in [5, 5.41) is -0.265. The zero-order valence-corrected chi connectivity index (χ0v) is 20.6. The maximum atomic E-state index is 12.5. The van der Waals surface area contributed by atoms with E-state index in [-0.39, 0.29) is 5.02 Å². The third-order valence-electron chi connectivity index (χ3n) is 5.28. The molecular formula is C27H29ClF3N3. The van der Waals surface area contributed by atoms with Gasteiger partial charge in [-0.15, -0.1) is 0 Å². The van der Waals surface area contributed by atoms with Crippen molar-refractivity contribution < 1.29 is 13.2 Å². The van der Waals surface area contributed by atoms with Crippen LogP contribution >= 0.6 is 11.6 Å². The maximum absolute atomic E-state index is 12.5. The molecule has 0 fully saturated rings. The van der Waals surface area contributed by atoms with Gasteiger partial charge in [0.1, 0.15) is 0 Å². The van der Waals surface area contributed by atoms with Gasteiger partial charge in [-0.1, -0.05) is 43.3 Å². The van der Waals surface area contributed by atoms with E-state index in [1.54, 1.807) is 18.5 Å². The van der Waals surface area contributed by atoms with Crippen LogP contribution in [0.4, 0.5) is 18.9 Å². The fraction of sp³-hybridized carbons (Fsp3) is 0.259. The first-order chi connectivity index (χ1) is 15.8. The summed E-state index contributed by atoms with van der Waals surface area (Å²) in [5.74, 6) is 0. The molecule has 0 unspecified atom stereocenters. The summed E-state index contributed by atoms with van der Waals surface area (Å²) in [7, 11) is 0. The topological polar surface area (TPSA) is 51.8 Å². The fourth-order valence-corrected chi connectivity index (χ4v) is 3.65. The van der Waals surface area contributed by atoms with E-state index in [9.17, 15) is 13.2 Å². The minimum Gasteiger partial charge on any atom is -0.397 e. The highest BCUT2D eigenvalue weighted by Crippen LogP contribution is 2.35. The lowest BCUT2D eigenvalue weighted by Gasteiger charge is -2.13. The van der Waals surface area contributed by atoms with E-state index in [1.807, 2.05) is 39.8 Å². The Morgan fingerprint density at radius 3 is 2.29 bits per heavy atom. The average molecular weight is 488 g/mol. The second-order valence-electron chi connectivity index (χ2n) is 8.11. The number of alkyl halides is 3. The van der Waals surface area contributed by atoms with Crippen LogP contribution in [-0.4, -0.2) is 9.97 Å². The first kappa shape index (κ1) is 27.1. The monoisotopic (exact) mass is 487 g/mol. The Bertz CT molecular complexity index is 1180. The number of anilines is 1. The van der Waals surface area contributed by atoms with Crippen molar-refractivity contribution in [3.05, 3.63) is 106 Å². The third kappa shape index (κ3) is 6.94. The lowest BCUT2D eigenvalue weighted by atomic mass is 9.97. The number of rotatable bonds is 5. The maximum Gasteiger partial charge on any atom is 0.417 e. The molecule has 7 heteroatoms. The Labute approximate surface area is 204 Å². The Morgan fingerprint density at radius 1 is 1.06 bits per heavy atom. The van der Waals surface area contributed by atoms with Gasteiger partial charge in [0, 0.05) is 29.2 Å². The van der Waals surface area contributed by atoms with Crippen LogP contribution in [0, 0.1) is 20.8 Å². The second kappa shape index (κ2) is 11.3. The number of allylic oxidation sites excluding steroid dienone is 1. The number of nitrogen functional groups attached to an aromatic ring is 1. The van der Waals surface area contributed by atoms with Crippen molar-refractivity contribution >= 4 is 22.9 Å². The fourth-order valence-electron chi connectivity index (χ4n) is 3.43. The predicted octanol–water partition coefficient (Wildman–Crippen LogP) is 7.91. The molecule has 0 saturated heterocycles. The summed E-state index contributed by atoms with van der Waals surface area (Å²) in [4.78, 5) is 8.69. The molecule has 0 amide bonds. The molecule has 2 N–H and O–H groups in total. The zero-order chi connectivity index (χ0) is 25.6. The van der Waals surface area contributed by atoms with Gasteiger partial charge in [0.05, 0.1) is 22.0 Å². The van der Waals surface area contributed by atoms with Gasteiger partial charge >= 0.3 is 6.18 Å². The smallest absolute Gasteiger partial charge is 0.397 e. The van der Waals surface area contributed by atoms with Crippen LogP contribution in [0.3, 0.4) is 0 Å². The highest BCUT2D eigenvalue weighted by molar-refractivity contribution is 6.31. The van der Waals surface area contributed by atoms with Crippen LogP contribution in [0.15, 0.2) is 61.5 Å². The molecule has 2 heterocycles. The van der Waals surface area contributed by atoms with E-state index in [0.717, 1.165) is 51.7 Å². The predicted molar refractivity (Wildman–Crippen MR) is 135 cm³/mol. The van der Waals surface area contributed by atoms with Crippen LogP contribution < -0.4 is 5.73 Å².